The van der Waals surface area contributed by atoms with Gasteiger partial charge in [0.15, 0.2) is 0 Å². The molecule has 4 amide bonds. The van der Waals surface area contributed by atoms with E-state index in [-0.39, 0.29) is 25.3 Å². The number of benzene rings is 2. The van der Waals surface area contributed by atoms with E-state index < -0.39 is 35.6 Å². The van der Waals surface area contributed by atoms with Crippen LogP contribution in [-0.2, 0) is 19.1 Å². The summed E-state index contributed by atoms with van der Waals surface area (Å²) in [6, 6.07) is 9.38. The van der Waals surface area contributed by atoms with Crippen molar-refractivity contribution in [3.8, 4) is 0 Å². The number of primary amides is 1. The zero-order valence-corrected chi connectivity index (χ0v) is 25.7. The Labute approximate surface area is 244 Å². The molecule has 224 valence electrons. The largest absolute Gasteiger partial charge is 0.444 e. The molecule has 2 unspecified atom stereocenters. The minimum atomic E-state index is -1.13. The number of rotatable bonds is 12. The molecule has 0 spiro atoms. The average Bonchev–Trinajstić information content (AvgIpc) is 2.85. The molecule has 0 radical (unpaired) electrons. The van der Waals surface area contributed by atoms with Crippen molar-refractivity contribution in [2.75, 3.05) is 11.9 Å². The molecule has 0 aliphatic rings. The average molecular weight is 567 g/mol. The summed E-state index contributed by atoms with van der Waals surface area (Å²) in [6.45, 7) is 15.1. The molecule has 0 fully saturated rings. The Bertz CT molecular complexity index is 1230. The third-order valence-electron chi connectivity index (χ3n) is 6.71. The molecule has 4 N–H and O–H groups in total. The van der Waals surface area contributed by atoms with E-state index in [4.69, 9.17) is 10.5 Å². The summed E-state index contributed by atoms with van der Waals surface area (Å²) in [6.07, 6.45) is 0.440. The van der Waals surface area contributed by atoms with Gasteiger partial charge in [-0.1, -0.05) is 55.3 Å². The fraction of sp³-hybridized carbons (Fsp3) is 0.500. The van der Waals surface area contributed by atoms with E-state index >= 15 is 0 Å². The van der Waals surface area contributed by atoms with E-state index in [0.717, 1.165) is 28.7 Å². The van der Waals surface area contributed by atoms with Gasteiger partial charge < -0.3 is 26.0 Å². The van der Waals surface area contributed by atoms with Crippen LogP contribution in [0.25, 0.3) is 0 Å². The highest BCUT2D eigenvalue weighted by Crippen LogP contribution is 2.30. The van der Waals surface area contributed by atoms with Gasteiger partial charge >= 0.3 is 6.09 Å². The molecule has 0 saturated heterocycles. The Balaban J connectivity index is 2.62. The number of hydrogen-bond acceptors (Lipinski definition) is 5. The second-order valence-electron chi connectivity index (χ2n) is 11.6. The normalized spacial score (nSPS) is 12.7. The van der Waals surface area contributed by atoms with Gasteiger partial charge in [0.05, 0.1) is 0 Å². The lowest BCUT2D eigenvalue weighted by Gasteiger charge is -2.35. The molecule has 0 saturated carbocycles. The maximum atomic E-state index is 14.3. The van der Waals surface area contributed by atoms with Crippen molar-refractivity contribution in [2.24, 2.45) is 5.73 Å². The molecule has 2 rings (SSSR count). The van der Waals surface area contributed by atoms with Crippen LogP contribution < -0.4 is 16.4 Å². The minimum absolute atomic E-state index is 0.0336. The van der Waals surface area contributed by atoms with Crippen molar-refractivity contribution in [1.82, 2.24) is 10.2 Å². The summed E-state index contributed by atoms with van der Waals surface area (Å²) < 4.78 is 5.40. The number of nitrogens with two attached hydrogens (primary N) is 1. The van der Waals surface area contributed by atoms with E-state index in [1.165, 1.54) is 4.90 Å². The van der Waals surface area contributed by atoms with Gasteiger partial charge in [-0.05, 0) is 83.6 Å². The fourth-order valence-electron chi connectivity index (χ4n) is 4.68. The molecule has 0 bridgehead atoms. The second-order valence-corrected chi connectivity index (χ2v) is 11.6. The van der Waals surface area contributed by atoms with Crippen LogP contribution in [0, 0.1) is 27.7 Å². The summed E-state index contributed by atoms with van der Waals surface area (Å²) in [4.78, 5) is 54.4. The molecule has 2 aromatic carbocycles. The number of anilines is 1. The summed E-state index contributed by atoms with van der Waals surface area (Å²) in [7, 11) is 0. The molecule has 0 aromatic heterocycles. The van der Waals surface area contributed by atoms with Crippen LogP contribution in [0.15, 0.2) is 36.4 Å². The lowest BCUT2D eigenvalue weighted by Crippen LogP contribution is -2.53. The highest BCUT2D eigenvalue weighted by atomic mass is 16.6. The smallest absolute Gasteiger partial charge is 0.408 e. The van der Waals surface area contributed by atoms with Crippen LogP contribution in [0.3, 0.4) is 0 Å². The maximum absolute atomic E-state index is 14.3. The molecule has 2 aromatic rings. The number of alkyl carbamates (subject to hydrolysis) is 1. The van der Waals surface area contributed by atoms with E-state index in [1.807, 2.05) is 71.0 Å². The van der Waals surface area contributed by atoms with E-state index in [9.17, 15) is 19.2 Å². The van der Waals surface area contributed by atoms with Gasteiger partial charge in [0, 0.05) is 18.7 Å². The van der Waals surface area contributed by atoms with Crippen molar-refractivity contribution in [2.45, 2.75) is 98.8 Å². The van der Waals surface area contributed by atoms with Gasteiger partial charge in [-0.25, -0.2) is 4.79 Å². The Hall–Kier alpha value is -3.88. The first-order chi connectivity index (χ1) is 19.1. The number of ether oxygens (including phenoxy) is 1. The number of nitrogens with zero attached hydrogens (tertiary/aromatic N) is 1. The van der Waals surface area contributed by atoms with Crippen molar-refractivity contribution >= 4 is 29.5 Å². The Kier molecular flexibility index (Phi) is 11.9. The number of nitrogens with one attached hydrogen (secondary N) is 2. The number of hydrogen-bond donors (Lipinski definition) is 3. The number of carbonyl (C=O) groups excluding carboxylic acids is 4. The van der Waals surface area contributed by atoms with Crippen LogP contribution in [0.5, 0.6) is 0 Å². The van der Waals surface area contributed by atoms with Gasteiger partial charge in [0.2, 0.25) is 11.8 Å². The molecule has 41 heavy (non-hydrogen) atoms. The first kappa shape index (κ1) is 33.3. The van der Waals surface area contributed by atoms with E-state index in [1.54, 1.807) is 20.8 Å². The highest BCUT2D eigenvalue weighted by molar-refractivity contribution is 6.00. The quantitative estimate of drug-likeness (QED) is 0.317. The molecule has 0 aliphatic carbocycles. The molecule has 0 aliphatic heterocycles. The number of unbranched alkanes of at least 4 members (excludes halogenated alkanes) is 1. The summed E-state index contributed by atoms with van der Waals surface area (Å²) >= 11 is 0. The summed E-state index contributed by atoms with van der Waals surface area (Å²) in [5, 5.41) is 5.70. The zero-order chi connectivity index (χ0) is 30.9. The molecular formula is C32H46N4O5. The number of aryl methyl sites for hydroxylation is 4. The minimum Gasteiger partial charge on any atom is -0.444 e. The number of carbonyl (C=O) groups is 4. The Morgan fingerprint density at radius 1 is 0.976 bits per heavy atom. The van der Waals surface area contributed by atoms with Crippen LogP contribution in [0.2, 0.25) is 0 Å². The molecule has 9 nitrogen and oxygen atoms in total. The van der Waals surface area contributed by atoms with E-state index in [0.29, 0.717) is 17.7 Å². The van der Waals surface area contributed by atoms with Crippen molar-refractivity contribution in [3.63, 3.8) is 0 Å². The predicted octanol–water partition coefficient (Wildman–Crippen LogP) is 5.39. The standard InChI is InChI=1S/C32H46N4O5/c1-9-10-18-36(30(39)25(16-17-26(33)37)34-31(40)41-32(6,7)8)28(24-15-14-20(2)19-23(24)5)29(38)35-27-21(3)12-11-13-22(27)4/h11-15,19,25,28H,9-10,16-18H2,1-8H3,(H2,33,37)(H,34,40)(H,35,38). The first-order valence-corrected chi connectivity index (χ1v) is 14.2. The van der Waals surface area contributed by atoms with Crippen molar-refractivity contribution < 1.29 is 23.9 Å². The lowest BCUT2D eigenvalue weighted by atomic mass is 9.95. The summed E-state index contributed by atoms with van der Waals surface area (Å²) in [5.74, 6) is -1.47. The monoisotopic (exact) mass is 566 g/mol. The van der Waals surface area contributed by atoms with E-state index in [2.05, 4.69) is 10.6 Å². The SMILES string of the molecule is CCCCN(C(=O)C(CCC(N)=O)NC(=O)OC(C)(C)C)C(C(=O)Nc1c(C)cccc1C)c1ccc(C)cc1C. The van der Waals surface area contributed by atoms with Crippen molar-refractivity contribution in [1.29, 1.82) is 0 Å². The van der Waals surface area contributed by atoms with Gasteiger partial charge in [-0.15, -0.1) is 0 Å². The van der Waals surface area contributed by atoms with Crippen LogP contribution >= 0.6 is 0 Å². The molecule has 2 atom stereocenters. The summed E-state index contributed by atoms with van der Waals surface area (Å²) in [5.41, 5.74) is 9.65. The maximum Gasteiger partial charge on any atom is 0.408 e. The van der Waals surface area contributed by atoms with Crippen LogP contribution in [0.4, 0.5) is 10.5 Å². The van der Waals surface area contributed by atoms with Gasteiger partial charge in [-0.3, -0.25) is 14.4 Å². The third-order valence-corrected chi connectivity index (χ3v) is 6.71. The first-order valence-electron chi connectivity index (χ1n) is 14.2. The van der Waals surface area contributed by atoms with Crippen LogP contribution in [0.1, 0.15) is 87.2 Å². The molecule has 0 heterocycles. The Morgan fingerprint density at radius 2 is 1.61 bits per heavy atom. The second kappa shape index (κ2) is 14.7. The predicted molar refractivity (Wildman–Crippen MR) is 161 cm³/mol. The molecular weight excluding hydrogens is 520 g/mol. The highest BCUT2D eigenvalue weighted by Gasteiger charge is 2.37. The van der Waals surface area contributed by atoms with Gasteiger partial charge in [-0.2, -0.15) is 0 Å². The fourth-order valence-corrected chi connectivity index (χ4v) is 4.68. The van der Waals surface area contributed by atoms with Gasteiger partial charge in [0.1, 0.15) is 17.7 Å². The van der Waals surface area contributed by atoms with Crippen LogP contribution in [-0.4, -0.2) is 46.9 Å². The van der Waals surface area contributed by atoms with Gasteiger partial charge in [0.25, 0.3) is 5.91 Å². The Morgan fingerprint density at radius 3 is 2.15 bits per heavy atom. The van der Waals surface area contributed by atoms with Crippen molar-refractivity contribution in [3.05, 3.63) is 64.2 Å². The number of amides is 4. The third kappa shape index (κ3) is 9.92. The molecule has 9 heteroatoms. The topological polar surface area (TPSA) is 131 Å². The zero-order valence-electron chi connectivity index (χ0n) is 25.7. The lowest BCUT2D eigenvalue weighted by molar-refractivity contribution is -0.141. The number of para-hydroxylation sites is 1.